The monoisotopic (exact) mass is 230 g/mol. The molecule has 88 valence electrons. The van der Waals surface area contributed by atoms with E-state index in [0.717, 1.165) is 12.1 Å². The van der Waals surface area contributed by atoms with E-state index in [0.29, 0.717) is 25.7 Å². The molecule has 1 aromatic rings. The van der Waals surface area contributed by atoms with Gasteiger partial charge >= 0.3 is 0 Å². The number of halogens is 3. The van der Waals surface area contributed by atoms with Gasteiger partial charge in [0.05, 0.1) is 6.10 Å². The summed E-state index contributed by atoms with van der Waals surface area (Å²) in [6.07, 6.45) is 1.63. The van der Waals surface area contributed by atoms with Crippen molar-refractivity contribution in [3.63, 3.8) is 0 Å². The Balaban J connectivity index is 2.29. The van der Waals surface area contributed by atoms with Gasteiger partial charge in [-0.05, 0) is 43.7 Å². The first-order chi connectivity index (χ1) is 7.59. The van der Waals surface area contributed by atoms with E-state index in [9.17, 15) is 18.3 Å². The van der Waals surface area contributed by atoms with Gasteiger partial charge in [0, 0.05) is 5.56 Å². The van der Waals surface area contributed by atoms with Crippen molar-refractivity contribution < 1.29 is 18.3 Å². The summed E-state index contributed by atoms with van der Waals surface area (Å²) >= 11 is 0. The van der Waals surface area contributed by atoms with Crippen LogP contribution >= 0.6 is 0 Å². The third-order valence-corrected chi connectivity index (χ3v) is 3.18. The number of hydrogen-bond acceptors (Lipinski definition) is 1. The molecule has 4 heteroatoms. The van der Waals surface area contributed by atoms with Crippen LogP contribution in [0.1, 0.15) is 37.2 Å². The highest BCUT2D eigenvalue weighted by molar-refractivity contribution is 5.25. The molecule has 1 nitrogen and oxygen atoms in total. The maximum absolute atomic E-state index is 13.5. The van der Waals surface area contributed by atoms with Crippen LogP contribution in [0.5, 0.6) is 0 Å². The fourth-order valence-electron chi connectivity index (χ4n) is 2.28. The second kappa shape index (κ2) is 4.45. The van der Waals surface area contributed by atoms with Crippen LogP contribution in [0, 0.1) is 17.5 Å². The van der Waals surface area contributed by atoms with Crippen LogP contribution < -0.4 is 0 Å². The van der Waals surface area contributed by atoms with Crippen LogP contribution in [0.4, 0.5) is 13.2 Å². The Morgan fingerprint density at radius 3 is 2.12 bits per heavy atom. The van der Waals surface area contributed by atoms with Gasteiger partial charge in [-0.25, -0.2) is 13.2 Å². The van der Waals surface area contributed by atoms with Crippen molar-refractivity contribution in [3.8, 4) is 0 Å². The van der Waals surface area contributed by atoms with Crippen LogP contribution in [0.3, 0.4) is 0 Å². The van der Waals surface area contributed by atoms with Crippen molar-refractivity contribution >= 4 is 0 Å². The predicted octanol–water partition coefficient (Wildman–Crippen LogP) is 3.12. The molecule has 16 heavy (non-hydrogen) atoms. The Hall–Kier alpha value is -1.03. The van der Waals surface area contributed by atoms with E-state index in [2.05, 4.69) is 0 Å². The van der Waals surface area contributed by atoms with Crippen molar-refractivity contribution in [2.75, 3.05) is 0 Å². The molecule has 0 bridgehead atoms. The van der Waals surface area contributed by atoms with Crippen LogP contribution in [0.15, 0.2) is 12.1 Å². The zero-order valence-corrected chi connectivity index (χ0v) is 8.72. The smallest absolute Gasteiger partial charge is 0.165 e. The summed E-state index contributed by atoms with van der Waals surface area (Å²) in [5.74, 6) is -3.11. The van der Waals surface area contributed by atoms with Crippen LogP contribution in [0.25, 0.3) is 0 Å². The molecule has 1 fully saturated rings. The Morgan fingerprint density at radius 1 is 0.938 bits per heavy atom. The number of hydrogen-bond donors (Lipinski definition) is 1. The summed E-state index contributed by atoms with van der Waals surface area (Å²) in [6.45, 7) is 0. The van der Waals surface area contributed by atoms with E-state index in [4.69, 9.17) is 0 Å². The lowest BCUT2D eigenvalue weighted by Crippen LogP contribution is -2.19. The zero-order chi connectivity index (χ0) is 11.7. The number of aliphatic hydroxyl groups excluding tert-OH is 1. The van der Waals surface area contributed by atoms with Crippen molar-refractivity contribution in [2.24, 2.45) is 0 Å². The lowest BCUT2D eigenvalue weighted by molar-refractivity contribution is 0.121. The van der Waals surface area contributed by atoms with Crippen LogP contribution in [0.2, 0.25) is 0 Å². The molecule has 0 amide bonds. The summed E-state index contributed by atoms with van der Waals surface area (Å²) in [6, 6.07) is 1.75. The van der Waals surface area contributed by atoms with Gasteiger partial charge in [0.1, 0.15) is 5.82 Å². The highest BCUT2D eigenvalue weighted by Crippen LogP contribution is 2.36. The predicted molar refractivity (Wildman–Crippen MR) is 53.5 cm³/mol. The fraction of sp³-hybridized carbons (Fsp3) is 0.500. The fourth-order valence-corrected chi connectivity index (χ4v) is 2.28. The molecule has 1 N–H and O–H groups in total. The lowest BCUT2D eigenvalue weighted by atomic mass is 9.82. The minimum Gasteiger partial charge on any atom is -0.393 e. The Bertz CT molecular complexity index is 384. The molecule has 0 spiro atoms. The van der Waals surface area contributed by atoms with Gasteiger partial charge in [-0.2, -0.15) is 0 Å². The molecule has 1 aliphatic carbocycles. The normalized spacial score (nSPS) is 25.8. The van der Waals surface area contributed by atoms with E-state index >= 15 is 0 Å². The standard InChI is InChI=1S/C12H13F3O/c13-9-5-6-10(14)12(15)11(9)7-1-3-8(16)4-2-7/h5-8,16H,1-4H2. The quantitative estimate of drug-likeness (QED) is 0.735. The molecule has 1 saturated carbocycles. The zero-order valence-electron chi connectivity index (χ0n) is 8.72. The van der Waals surface area contributed by atoms with Gasteiger partial charge in [0.25, 0.3) is 0 Å². The molecule has 0 saturated heterocycles. The summed E-state index contributed by atoms with van der Waals surface area (Å²) in [5.41, 5.74) is -0.160. The molecule has 2 rings (SSSR count). The van der Waals surface area contributed by atoms with E-state index in [1.807, 2.05) is 0 Å². The first-order valence-electron chi connectivity index (χ1n) is 5.41. The van der Waals surface area contributed by atoms with E-state index in [1.165, 1.54) is 0 Å². The van der Waals surface area contributed by atoms with E-state index < -0.39 is 23.6 Å². The van der Waals surface area contributed by atoms with E-state index in [-0.39, 0.29) is 11.5 Å². The number of aliphatic hydroxyl groups is 1. The molecule has 0 aliphatic heterocycles. The summed E-state index contributed by atoms with van der Waals surface area (Å²) in [4.78, 5) is 0. The Morgan fingerprint density at radius 2 is 1.50 bits per heavy atom. The highest BCUT2D eigenvalue weighted by Gasteiger charge is 2.27. The summed E-state index contributed by atoms with van der Waals surface area (Å²) in [5, 5.41) is 9.31. The van der Waals surface area contributed by atoms with Crippen molar-refractivity contribution in [3.05, 3.63) is 35.1 Å². The minimum absolute atomic E-state index is 0.160. The second-order valence-electron chi connectivity index (χ2n) is 4.26. The Labute approximate surface area is 91.9 Å². The largest absolute Gasteiger partial charge is 0.393 e. The maximum Gasteiger partial charge on any atom is 0.165 e. The molecule has 0 radical (unpaired) electrons. The number of rotatable bonds is 1. The summed E-state index contributed by atoms with van der Waals surface area (Å²) < 4.78 is 39.9. The Kier molecular flexibility index (Phi) is 3.19. The molecule has 0 heterocycles. The first kappa shape index (κ1) is 11.5. The van der Waals surface area contributed by atoms with Gasteiger partial charge < -0.3 is 5.11 Å². The van der Waals surface area contributed by atoms with Gasteiger partial charge in [-0.3, -0.25) is 0 Å². The topological polar surface area (TPSA) is 20.2 Å². The molecular weight excluding hydrogens is 217 g/mol. The average Bonchev–Trinajstić information content (AvgIpc) is 2.27. The van der Waals surface area contributed by atoms with E-state index in [1.54, 1.807) is 0 Å². The first-order valence-corrected chi connectivity index (χ1v) is 5.41. The van der Waals surface area contributed by atoms with Crippen molar-refractivity contribution in [2.45, 2.75) is 37.7 Å². The molecule has 1 aromatic carbocycles. The number of benzene rings is 1. The highest BCUT2D eigenvalue weighted by atomic mass is 19.2. The van der Waals surface area contributed by atoms with Crippen molar-refractivity contribution in [1.29, 1.82) is 0 Å². The van der Waals surface area contributed by atoms with Gasteiger partial charge in [-0.15, -0.1) is 0 Å². The average molecular weight is 230 g/mol. The lowest BCUT2D eigenvalue weighted by Gasteiger charge is -2.26. The third kappa shape index (κ3) is 2.07. The molecule has 0 unspecified atom stereocenters. The molecule has 0 aromatic heterocycles. The maximum atomic E-state index is 13.5. The summed E-state index contributed by atoms with van der Waals surface area (Å²) in [7, 11) is 0. The van der Waals surface area contributed by atoms with Crippen LogP contribution in [-0.2, 0) is 0 Å². The molecule has 0 atom stereocenters. The van der Waals surface area contributed by atoms with Crippen molar-refractivity contribution in [1.82, 2.24) is 0 Å². The third-order valence-electron chi connectivity index (χ3n) is 3.18. The van der Waals surface area contributed by atoms with Gasteiger partial charge in [0.15, 0.2) is 11.6 Å². The van der Waals surface area contributed by atoms with Gasteiger partial charge in [-0.1, -0.05) is 0 Å². The second-order valence-corrected chi connectivity index (χ2v) is 4.26. The molecular formula is C12H13F3O. The molecule has 1 aliphatic rings. The van der Waals surface area contributed by atoms with Gasteiger partial charge in [0.2, 0.25) is 0 Å². The SMILES string of the molecule is OC1CCC(c2c(F)ccc(F)c2F)CC1. The van der Waals surface area contributed by atoms with Crippen LogP contribution in [-0.4, -0.2) is 11.2 Å². The minimum atomic E-state index is -1.08.